The van der Waals surface area contributed by atoms with Crippen LogP contribution in [-0.4, -0.2) is 19.4 Å². The minimum absolute atomic E-state index is 0.249. The summed E-state index contributed by atoms with van der Waals surface area (Å²) < 4.78 is 0. The van der Waals surface area contributed by atoms with Gasteiger partial charge in [-0.05, 0) is 38.4 Å². The molecule has 1 aromatic rings. The van der Waals surface area contributed by atoms with Gasteiger partial charge in [-0.1, -0.05) is 30.3 Å². The van der Waals surface area contributed by atoms with E-state index in [9.17, 15) is 4.79 Å². The number of carbonyl (C=O) groups excluding carboxylic acids is 1. The van der Waals surface area contributed by atoms with E-state index in [4.69, 9.17) is 0 Å². The Morgan fingerprint density at radius 2 is 2.18 bits per heavy atom. The topological polar surface area (TPSA) is 29.1 Å². The molecule has 0 radical (unpaired) electrons. The molecule has 1 rings (SSSR count). The minimum Gasteiger partial charge on any atom is -0.319 e. The number of Topliss-reactive ketones (excluding diaryl/α,β-unsaturated/α-hetero) is 1. The van der Waals surface area contributed by atoms with Gasteiger partial charge in [0.05, 0.1) is 0 Å². The first-order valence-electron chi connectivity index (χ1n) is 6.16. The molecule has 17 heavy (non-hydrogen) atoms. The Bertz CT molecular complexity index is 371. The van der Waals surface area contributed by atoms with Gasteiger partial charge in [0.25, 0.3) is 0 Å². The molecule has 1 aromatic carbocycles. The minimum atomic E-state index is 0.249. The van der Waals surface area contributed by atoms with E-state index >= 15 is 0 Å². The predicted octanol–water partition coefficient (Wildman–Crippen LogP) is 2.99. The second-order valence-electron chi connectivity index (χ2n) is 4.11. The molecule has 0 aromatic heterocycles. The molecule has 0 aliphatic heterocycles. The van der Waals surface area contributed by atoms with Crippen molar-refractivity contribution in [2.45, 2.75) is 25.7 Å². The third-order valence-corrected chi connectivity index (χ3v) is 2.77. The lowest BCUT2D eigenvalue weighted by molar-refractivity contribution is 0.0979. The number of carbonyl (C=O) groups is 1. The molecule has 0 spiro atoms. The van der Waals surface area contributed by atoms with E-state index < -0.39 is 0 Å². The summed E-state index contributed by atoms with van der Waals surface area (Å²) in [5.41, 5.74) is 2.03. The van der Waals surface area contributed by atoms with Crippen LogP contribution in [0.25, 0.3) is 0 Å². The van der Waals surface area contributed by atoms with E-state index in [1.807, 2.05) is 37.4 Å². The van der Waals surface area contributed by atoms with E-state index in [-0.39, 0.29) is 5.78 Å². The van der Waals surface area contributed by atoms with Crippen molar-refractivity contribution in [1.29, 1.82) is 0 Å². The van der Waals surface area contributed by atoms with Crippen LogP contribution in [-0.2, 0) is 6.42 Å². The number of rotatable bonds is 8. The average molecular weight is 231 g/mol. The van der Waals surface area contributed by atoms with E-state index in [2.05, 4.69) is 11.9 Å². The molecule has 2 heteroatoms. The standard InChI is InChI=1S/C15H21NO/c1-3-4-5-10-15(17)14-9-7-6-8-13(14)11-12-16-2/h3,6-9,16H,1,4-5,10-12H2,2H3. The number of allylic oxidation sites excluding steroid dienone is 1. The van der Waals surface area contributed by atoms with E-state index in [0.717, 1.165) is 36.9 Å². The largest absolute Gasteiger partial charge is 0.319 e. The molecule has 92 valence electrons. The van der Waals surface area contributed by atoms with Gasteiger partial charge in [-0.2, -0.15) is 0 Å². The zero-order valence-corrected chi connectivity index (χ0v) is 10.5. The highest BCUT2D eigenvalue weighted by molar-refractivity contribution is 5.97. The van der Waals surface area contributed by atoms with Crippen molar-refractivity contribution in [3.8, 4) is 0 Å². The Balaban J connectivity index is 2.67. The maximum Gasteiger partial charge on any atom is 0.163 e. The quantitative estimate of drug-likeness (QED) is 0.423. The third-order valence-electron chi connectivity index (χ3n) is 2.77. The highest BCUT2D eigenvalue weighted by atomic mass is 16.1. The molecule has 0 saturated heterocycles. The number of hydrogen-bond donors (Lipinski definition) is 1. The van der Waals surface area contributed by atoms with Crippen molar-refractivity contribution in [3.63, 3.8) is 0 Å². The monoisotopic (exact) mass is 231 g/mol. The Labute approximate surface area is 104 Å². The molecule has 0 bridgehead atoms. The predicted molar refractivity (Wildman–Crippen MR) is 72.5 cm³/mol. The summed E-state index contributed by atoms with van der Waals surface area (Å²) in [6.07, 6.45) is 5.18. The fraction of sp³-hybridized carbons (Fsp3) is 0.400. The van der Waals surface area contributed by atoms with Crippen molar-refractivity contribution in [3.05, 3.63) is 48.0 Å². The van der Waals surface area contributed by atoms with Crippen LogP contribution in [0.4, 0.5) is 0 Å². The summed E-state index contributed by atoms with van der Waals surface area (Å²) in [7, 11) is 1.93. The molecule has 0 atom stereocenters. The molecule has 0 amide bonds. The summed E-state index contributed by atoms with van der Waals surface area (Å²) in [6, 6.07) is 7.90. The molecule has 0 heterocycles. The van der Waals surface area contributed by atoms with Crippen LogP contribution >= 0.6 is 0 Å². The SMILES string of the molecule is C=CCCCC(=O)c1ccccc1CCNC. The van der Waals surface area contributed by atoms with Gasteiger partial charge < -0.3 is 5.32 Å². The summed E-state index contributed by atoms with van der Waals surface area (Å²) >= 11 is 0. The molecule has 0 aliphatic rings. The molecule has 2 nitrogen and oxygen atoms in total. The lowest BCUT2D eigenvalue weighted by Crippen LogP contribution is -2.13. The van der Waals surface area contributed by atoms with Gasteiger partial charge in [0.2, 0.25) is 0 Å². The molecule has 1 N–H and O–H groups in total. The van der Waals surface area contributed by atoms with E-state index in [1.165, 1.54) is 0 Å². The fourth-order valence-corrected chi connectivity index (χ4v) is 1.81. The first-order valence-corrected chi connectivity index (χ1v) is 6.16. The number of ketones is 1. The molecular weight excluding hydrogens is 210 g/mol. The Hall–Kier alpha value is -1.41. The average Bonchev–Trinajstić information content (AvgIpc) is 2.37. The van der Waals surface area contributed by atoms with Crippen LogP contribution in [0.1, 0.15) is 35.2 Å². The van der Waals surface area contributed by atoms with Crippen LogP contribution < -0.4 is 5.32 Å². The lowest BCUT2D eigenvalue weighted by atomic mass is 9.98. The van der Waals surface area contributed by atoms with Crippen molar-refractivity contribution in [2.75, 3.05) is 13.6 Å². The molecular formula is C15H21NO. The van der Waals surface area contributed by atoms with Crippen molar-refractivity contribution >= 4 is 5.78 Å². The van der Waals surface area contributed by atoms with Gasteiger partial charge in [0.1, 0.15) is 0 Å². The van der Waals surface area contributed by atoms with Crippen molar-refractivity contribution in [2.24, 2.45) is 0 Å². The van der Waals surface area contributed by atoms with Gasteiger partial charge in [-0.3, -0.25) is 4.79 Å². The van der Waals surface area contributed by atoms with Crippen LogP contribution in [0.15, 0.2) is 36.9 Å². The van der Waals surface area contributed by atoms with Gasteiger partial charge in [0.15, 0.2) is 5.78 Å². The molecule has 0 aliphatic carbocycles. The smallest absolute Gasteiger partial charge is 0.163 e. The molecule has 0 saturated carbocycles. The lowest BCUT2D eigenvalue weighted by Gasteiger charge is -2.08. The fourth-order valence-electron chi connectivity index (χ4n) is 1.81. The van der Waals surface area contributed by atoms with Crippen molar-refractivity contribution < 1.29 is 4.79 Å². The summed E-state index contributed by atoms with van der Waals surface area (Å²) in [4.78, 5) is 12.0. The van der Waals surface area contributed by atoms with Gasteiger partial charge in [-0.15, -0.1) is 6.58 Å². The highest BCUT2D eigenvalue weighted by Crippen LogP contribution is 2.13. The summed E-state index contributed by atoms with van der Waals surface area (Å²) in [6.45, 7) is 4.57. The number of likely N-dealkylation sites (N-methyl/N-ethyl adjacent to an activating group) is 1. The zero-order valence-electron chi connectivity index (χ0n) is 10.5. The number of unbranched alkanes of at least 4 members (excludes halogenated alkanes) is 1. The van der Waals surface area contributed by atoms with Gasteiger partial charge in [-0.25, -0.2) is 0 Å². The molecule has 0 fully saturated rings. The van der Waals surface area contributed by atoms with E-state index in [1.54, 1.807) is 0 Å². The first-order chi connectivity index (χ1) is 8.29. The summed E-state index contributed by atoms with van der Waals surface area (Å²) in [5, 5.41) is 3.11. The maximum atomic E-state index is 12.0. The van der Waals surface area contributed by atoms with Crippen LogP contribution in [0, 0.1) is 0 Å². The van der Waals surface area contributed by atoms with Crippen LogP contribution in [0.5, 0.6) is 0 Å². The summed E-state index contributed by atoms with van der Waals surface area (Å²) in [5.74, 6) is 0.249. The number of nitrogens with one attached hydrogen (secondary N) is 1. The normalized spacial score (nSPS) is 10.2. The number of benzene rings is 1. The first kappa shape index (κ1) is 13.7. The third kappa shape index (κ3) is 4.53. The van der Waals surface area contributed by atoms with E-state index in [0.29, 0.717) is 6.42 Å². The van der Waals surface area contributed by atoms with Gasteiger partial charge in [0, 0.05) is 12.0 Å². The van der Waals surface area contributed by atoms with Crippen LogP contribution in [0.2, 0.25) is 0 Å². The second kappa shape index (κ2) is 7.80. The van der Waals surface area contributed by atoms with Gasteiger partial charge >= 0.3 is 0 Å². The Morgan fingerprint density at radius 1 is 1.41 bits per heavy atom. The highest BCUT2D eigenvalue weighted by Gasteiger charge is 2.09. The maximum absolute atomic E-state index is 12.0. The van der Waals surface area contributed by atoms with Crippen LogP contribution in [0.3, 0.4) is 0 Å². The molecule has 0 unspecified atom stereocenters. The zero-order chi connectivity index (χ0) is 12.5. The van der Waals surface area contributed by atoms with Crippen molar-refractivity contribution in [1.82, 2.24) is 5.32 Å². The Morgan fingerprint density at radius 3 is 2.88 bits per heavy atom. The number of hydrogen-bond acceptors (Lipinski definition) is 2. The Kier molecular flexibility index (Phi) is 6.26. The second-order valence-corrected chi connectivity index (χ2v) is 4.11.